The first-order valence-electron chi connectivity index (χ1n) is 9.09. The van der Waals surface area contributed by atoms with Gasteiger partial charge in [0.15, 0.2) is 0 Å². The lowest BCUT2D eigenvalue weighted by atomic mass is 9.84. The maximum Gasteiger partial charge on any atom is 0.200 e. The predicted octanol–water partition coefficient (Wildman–Crippen LogP) is 5.38. The van der Waals surface area contributed by atoms with Crippen molar-refractivity contribution in [1.82, 2.24) is 0 Å². The maximum absolute atomic E-state index is 12.4. The molecule has 0 atom stereocenters. The number of allylic oxidation sites excluding steroid dienone is 6. The minimum absolute atomic E-state index is 0.0383. The summed E-state index contributed by atoms with van der Waals surface area (Å²) in [6, 6.07) is 16.3. The molecular weight excluding hydrogens is 497 g/mol. The first-order chi connectivity index (χ1) is 13.9. The standard InChI is InChI=1S/C22H18INOS.CH4O2/c1-22(2)16-10-4-5-11-17(16)24(23)20(22)14-8-7-13-19-21(25)15-9-3-6-12-18(15)26-19;2-1-3/h3-14H,1-2H3;2-3H,1H2/b8-7+,19-13-,20-14-;. The molecule has 2 heterocycles. The summed E-state index contributed by atoms with van der Waals surface area (Å²) in [5.74, 6) is 0.118. The number of aliphatic hydroxyl groups is 2. The summed E-state index contributed by atoms with van der Waals surface area (Å²) in [5.41, 5.74) is 4.59. The molecule has 6 heteroatoms. The van der Waals surface area contributed by atoms with E-state index in [9.17, 15) is 4.79 Å². The summed E-state index contributed by atoms with van der Waals surface area (Å²) in [6.07, 6.45) is 8.04. The Hall–Kier alpha value is -1.87. The Morgan fingerprint density at radius 3 is 2.34 bits per heavy atom. The van der Waals surface area contributed by atoms with Crippen molar-refractivity contribution in [2.75, 3.05) is 9.91 Å². The van der Waals surface area contributed by atoms with Crippen molar-refractivity contribution in [2.45, 2.75) is 24.2 Å². The Labute approximate surface area is 189 Å². The van der Waals surface area contributed by atoms with Crippen molar-refractivity contribution in [3.05, 3.63) is 94.6 Å². The van der Waals surface area contributed by atoms with Crippen LogP contribution in [0.4, 0.5) is 5.69 Å². The van der Waals surface area contributed by atoms with Gasteiger partial charge in [0.05, 0.1) is 33.5 Å². The largest absolute Gasteiger partial charge is 0.371 e. The van der Waals surface area contributed by atoms with Crippen LogP contribution in [0.5, 0.6) is 0 Å². The molecule has 150 valence electrons. The van der Waals surface area contributed by atoms with Gasteiger partial charge in [-0.1, -0.05) is 68.1 Å². The summed E-state index contributed by atoms with van der Waals surface area (Å²) in [6.45, 7) is 3.74. The summed E-state index contributed by atoms with van der Waals surface area (Å²) in [4.78, 5) is 14.2. The molecule has 0 saturated heterocycles. The lowest BCUT2D eigenvalue weighted by Gasteiger charge is -2.22. The zero-order chi connectivity index (χ0) is 21.0. The topological polar surface area (TPSA) is 60.8 Å². The maximum atomic E-state index is 12.4. The molecule has 2 aliphatic heterocycles. The fourth-order valence-electron chi connectivity index (χ4n) is 3.40. The number of benzene rings is 2. The van der Waals surface area contributed by atoms with Gasteiger partial charge in [0.25, 0.3) is 0 Å². The molecule has 29 heavy (non-hydrogen) atoms. The molecule has 0 aromatic heterocycles. The first kappa shape index (κ1) is 21.8. The molecule has 0 radical (unpaired) electrons. The summed E-state index contributed by atoms with van der Waals surface area (Å²) >= 11 is 3.91. The zero-order valence-corrected chi connectivity index (χ0v) is 19.1. The van der Waals surface area contributed by atoms with E-state index >= 15 is 0 Å². The van der Waals surface area contributed by atoms with Gasteiger partial charge in [0.1, 0.15) is 6.79 Å². The number of fused-ring (bicyclic) bond motifs is 2. The molecule has 0 aliphatic carbocycles. The van der Waals surface area contributed by atoms with Crippen LogP contribution in [0.25, 0.3) is 0 Å². The predicted molar refractivity (Wildman–Crippen MR) is 127 cm³/mol. The van der Waals surface area contributed by atoms with Gasteiger partial charge < -0.3 is 10.2 Å². The van der Waals surface area contributed by atoms with Crippen LogP contribution in [0, 0.1) is 0 Å². The van der Waals surface area contributed by atoms with E-state index in [0.29, 0.717) is 0 Å². The smallest absolute Gasteiger partial charge is 0.200 e. The van der Waals surface area contributed by atoms with Gasteiger partial charge in [0, 0.05) is 21.6 Å². The van der Waals surface area contributed by atoms with Crippen molar-refractivity contribution in [3.63, 3.8) is 0 Å². The second-order valence-corrected chi connectivity index (χ2v) is 9.01. The molecule has 2 aromatic carbocycles. The molecule has 0 unspecified atom stereocenters. The van der Waals surface area contributed by atoms with Crippen LogP contribution in [0.15, 0.2) is 88.3 Å². The fourth-order valence-corrected chi connectivity index (χ4v) is 5.59. The summed E-state index contributed by atoms with van der Waals surface area (Å²) < 4.78 is 2.22. The lowest BCUT2D eigenvalue weighted by molar-refractivity contribution is 0.0773. The molecule has 4 rings (SSSR count). The number of anilines is 1. The van der Waals surface area contributed by atoms with Crippen LogP contribution >= 0.6 is 34.6 Å². The van der Waals surface area contributed by atoms with Crippen LogP contribution in [-0.2, 0) is 5.41 Å². The highest BCUT2D eigenvalue weighted by Crippen LogP contribution is 2.49. The Kier molecular flexibility index (Phi) is 7.00. The normalized spacial score (nSPS) is 19.5. The molecule has 0 amide bonds. The van der Waals surface area contributed by atoms with E-state index in [-0.39, 0.29) is 11.2 Å². The van der Waals surface area contributed by atoms with Gasteiger partial charge in [-0.15, -0.1) is 0 Å². The quantitative estimate of drug-likeness (QED) is 0.242. The SMILES string of the molecule is CC1(C)/C(=C/C=C/C=C2\Sc3ccccc3C2=O)N(I)c2ccccc21.OCO. The fraction of sp³-hybridized carbons (Fsp3) is 0.174. The minimum atomic E-state index is -0.750. The van der Waals surface area contributed by atoms with Crippen molar-refractivity contribution >= 4 is 46.1 Å². The number of thioether (sulfide) groups is 1. The highest BCUT2D eigenvalue weighted by atomic mass is 127. The molecule has 2 aromatic rings. The first-order valence-corrected chi connectivity index (χ1v) is 10.9. The van der Waals surface area contributed by atoms with E-state index in [0.717, 1.165) is 15.4 Å². The molecule has 0 spiro atoms. The van der Waals surface area contributed by atoms with Crippen LogP contribution < -0.4 is 3.11 Å². The molecule has 0 bridgehead atoms. The number of carbonyl (C=O) groups is 1. The molecule has 4 nitrogen and oxygen atoms in total. The van der Waals surface area contributed by atoms with Crippen LogP contribution in [0.2, 0.25) is 0 Å². The average Bonchev–Trinajstić information content (AvgIpc) is 3.13. The Morgan fingerprint density at radius 2 is 1.66 bits per heavy atom. The average molecular weight is 519 g/mol. The molecule has 0 saturated carbocycles. The summed E-state index contributed by atoms with van der Waals surface area (Å²) in [7, 11) is 0. The van der Waals surface area contributed by atoms with Crippen molar-refractivity contribution in [2.24, 2.45) is 0 Å². The van der Waals surface area contributed by atoms with Crippen LogP contribution in [0.3, 0.4) is 0 Å². The number of aliphatic hydroxyl groups excluding tert-OH is 1. The van der Waals surface area contributed by atoms with Crippen LogP contribution in [0.1, 0.15) is 29.8 Å². The zero-order valence-electron chi connectivity index (χ0n) is 16.2. The molecule has 0 fully saturated rings. The van der Waals surface area contributed by atoms with Gasteiger partial charge in [-0.2, -0.15) is 0 Å². The molecular formula is C23H22INO3S. The highest BCUT2D eigenvalue weighted by Gasteiger charge is 2.38. The minimum Gasteiger partial charge on any atom is -0.371 e. The molecule has 2 aliphatic rings. The van der Waals surface area contributed by atoms with Crippen molar-refractivity contribution in [3.8, 4) is 0 Å². The number of para-hydroxylation sites is 1. The number of Topliss-reactive ketones (excluding diaryl/α,β-unsaturated/α-hetero) is 1. The summed E-state index contributed by atoms with van der Waals surface area (Å²) in [5, 5.41) is 14.2. The van der Waals surface area contributed by atoms with E-state index < -0.39 is 6.79 Å². The Balaban J connectivity index is 0.000000755. The van der Waals surface area contributed by atoms with Gasteiger partial charge >= 0.3 is 0 Å². The number of nitrogens with zero attached hydrogens (tertiary/aromatic N) is 1. The number of carbonyl (C=O) groups excluding carboxylic acids is 1. The van der Waals surface area contributed by atoms with Crippen molar-refractivity contribution < 1.29 is 15.0 Å². The van der Waals surface area contributed by atoms with E-state index in [1.165, 1.54) is 16.9 Å². The third-order valence-corrected chi connectivity index (χ3v) is 6.99. The molecule has 2 N–H and O–H groups in total. The van der Waals surface area contributed by atoms with Crippen molar-refractivity contribution in [1.29, 1.82) is 0 Å². The second kappa shape index (κ2) is 9.30. The third-order valence-electron chi connectivity index (χ3n) is 4.83. The highest BCUT2D eigenvalue weighted by molar-refractivity contribution is 14.1. The van der Waals surface area contributed by atoms with E-state index in [1.54, 1.807) is 11.8 Å². The second-order valence-electron chi connectivity index (χ2n) is 6.96. The monoisotopic (exact) mass is 519 g/mol. The van der Waals surface area contributed by atoms with Gasteiger partial charge in [-0.25, -0.2) is 0 Å². The lowest BCUT2D eigenvalue weighted by Crippen LogP contribution is -2.19. The third kappa shape index (κ3) is 4.35. The van der Waals surface area contributed by atoms with E-state index in [2.05, 4.69) is 70.2 Å². The number of hydrogen-bond donors (Lipinski definition) is 2. The number of ketones is 1. The van der Waals surface area contributed by atoms with E-state index in [4.69, 9.17) is 10.2 Å². The van der Waals surface area contributed by atoms with Gasteiger partial charge in [0.2, 0.25) is 5.78 Å². The van der Waals surface area contributed by atoms with Crippen LogP contribution in [-0.4, -0.2) is 22.8 Å². The number of hydrogen-bond acceptors (Lipinski definition) is 5. The van der Waals surface area contributed by atoms with E-state index in [1.807, 2.05) is 42.5 Å². The Morgan fingerprint density at radius 1 is 1.03 bits per heavy atom. The van der Waals surface area contributed by atoms with Gasteiger partial charge in [-0.05, 0) is 35.9 Å². The number of rotatable bonds is 2. The van der Waals surface area contributed by atoms with Gasteiger partial charge in [-0.3, -0.25) is 7.91 Å². The Bertz CT molecular complexity index is 1010. The number of halogens is 1.